The molecule has 0 radical (unpaired) electrons. The van der Waals surface area contributed by atoms with Crippen molar-refractivity contribution in [1.29, 1.82) is 0 Å². The highest BCUT2D eigenvalue weighted by Crippen LogP contribution is 2.43. The molecule has 6 nitrogen and oxygen atoms in total. The first-order chi connectivity index (χ1) is 16.0. The SMILES string of the molecule is COc1ccc(N2C(=O)CCC(C(=O)Nc3ccccc3C)C2c2ccccc2OC)cc1. The molecule has 2 amide bonds. The average Bonchev–Trinajstić information content (AvgIpc) is 2.85. The summed E-state index contributed by atoms with van der Waals surface area (Å²) in [6.07, 6.45) is 0.732. The molecule has 4 rings (SSSR count). The molecule has 6 heteroatoms. The molecule has 1 N–H and O–H groups in total. The van der Waals surface area contributed by atoms with Crippen molar-refractivity contribution >= 4 is 23.2 Å². The van der Waals surface area contributed by atoms with Crippen LogP contribution in [-0.4, -0.2) is 26.0 Å². The van der Waals surface area contributed by atoms with Crippen molar-refractivity contribution in [3.05, 3.63) is 83.9 Å². The van der Waals surface area contributed by atoms with Gasteiger partial charge in [0, 0.05) is 23.4 Å². The van der Waals surface area contributed by atoms with E-state index in [9.17, 15) is 9.59 Å². The number of ether oxygens (including phenoxy) is 2. The molecular weight excluding hydrogens is 416 g/mol. The molecule has 1 saturated heterocycles. The Morgan fingerprint density at radius 2 is 1.64 bits per heavy atom. The van der Waals surface area contributed by atoms with Crippen LogP contribution in [0.15, 0.2) is 72.8 Å². The van der Waals surface area contributed by atoms with E-state index in [0.29, 0.717) is 23.6 Å². The number of methoxy groups -OCH3 is 2. The standard InChI is InChI=1S/C27H28N2O4/c1-18-8-4-6-10-23(18)28-27(31)22-16-17-25(30)29(19-12-14-20(32-2)15-13-19)26(22)21-9-5-7-11-24(21)33-3/h4-15,22,26H,16-17H2,1-3H3,(H,28,31). The minimum atomic E-state index is -0.514. The number of amides is 2. The summed E-state index contributed by atoms with van der Waals surface area (Å²) < 4.78 is 10.9. The molecule has 170 valence electrons. The predicted molar refractivity (Wildman–Crippen MR) is 129 cm³/mol. The normalized spacial score (nSPS) is 18.0. The summed E-state index contributed by atoms with van der Waals surface area (Å²) in [4.78, 5) is 28.5. The van der Waals surface area contributed by atoms with Crippen LogP contribution in [0, 0.1) is 12.8 Å². The molecule has 0 saturated carbocycles. The number of carbonyl (C=O) groups excluding carboxylic acids is 2. The Hall–Kier alpha value is -3.80. The molecule has 0 spiro atoms. The zero-order chi connectivity index (χ0) is 23.4. The molecule has 0 aliphatic carbocycles. The van der Waals surface area contributed by atoms with Crippen LogP contribution in [0.1, 0.15) is 30.0 Å². The van der Waals surface area contributed by atoms with Gasteiger partial charge in [-0.1, -0.05) is 36.4 Å². The van der Waals surface area contributed by atoms with Crippen molar-refractivity contribution in [2.24, 2.45) is 5.92 Å². The number of rotatable bonds is 6. The number of nitrogens with zero attached hydrogens (tertiary/aromatic N) is 1. The largest absolute Gasteiger partial charge is 0.497 e. The second-order valence-corrected chi connectivity index (χ2v) is 8.10. The van der Waals surface area contributed by atoms with Crippen molar-refractivity contribution in [1.82, 2.24) is 0 Å². The van der Waals surface area contributed by atoms with Crippen molar-refractivity contribution in [3.63, 3.8) is 0 Å². The van der Waals surface area contributed by atoms with E-state index >= 15 is 0 Å². The quantitative estimate of drug-likeness (QED) is 0.572. The maximum absolute atomic E-state index is 13.6. The lowest BCUT2D eigenvalue weighted by Crippen LogP contribution is -2.47. The fourth-order valence-electron chi connectivity index (χ4n) is 4.42. The van der Waals surface area contributed by atoms with Crippen LogP contribution in [0.4, 0.5) is 11.4 Å². The zero-order valence-electron chi connectivity index (χ0n) is 19.1. The second-order valence-electron chi connectivity index (χ2n) is 8.10. The maximum atomic E-state index is 13.6. The topological polar surface area (TPSA) is 67.9 Å². The van der Waals surface area contributed by atoms with Crippen LogP contribution in [0.2, 0.25) is 0 Å². The number of aryl methyl sites for hydroxylation is 1. The molecule has 1 fully saturated rings. The lowest BCUT2D eigenvalue weighted by Gasteiger charge is -2.41. The van der Waals surface area contributed by atoms with Gasteiger partial charge in [-0.3, -0.25) is 9.59 Å². The second kappa shape index (κ2) is 9.77. The zero-order valence-corrected chi connectivity index (χ0v) is 19.1. The van der Waals surface area contributed by atoms with E-state index in [1.807, 2.05) is 79.7 Å². The summed E-state index contributed by atoms with van der Waals surface area (Å²) in [5, 5.41) is 3.08. The van der Waals surface area contributed by atoms with Crippen molar-refractivity contribution in [3.8, 4) is 11.5 Å². The van der Waals surface area contributed by atoms with Crippen molar-refractivity contribution in [2.45, 2.75) is 25.8 Å². The van der Waals surface area contributed by atoms with Crippen LogP contribution in [0.5, 0.6) is 11.5 Å². The van der Waals surface area contributed by atoms with Gasteiger partial charge in [0.05, 0.1) is 26.2 Å². The molecule has 1 aliphatic heterocycles. The van der Waals surface area contributed by atoms with Crippen LogP contribution in [0.3, 0.4) is 0 Å². The third-order valence-electron chi connectivity index (χ3n) is 6.15. The first-order valence-electron chi connectivity index (χ1n) is 11.0. The first kappa shape index (κ1) is 22.4. The average molecular weight is 445 g/mol. The van der Waals surface area contributed by atoms with Gasteiger partial charge in [-0.05, 0) is 55.3 Å². The predicted octanol–water partition coefficient (Wildman–Crippen LogP) is 5.14. The monoisotopic (exact) mass is 444 g/mol. The van der Waals surface area contributed by atoms with Gasteiger partial charge in [0.25, 0.3) is 0 Å². The van der Waals surface area contributed by atoms with E-state index in [1.54, 1.807) is 19.1 Å². The van der Waals surface area contributed by atoms with Crippen molar-refractivity contribution in [2.75, 3.05) is 24.4 Å². The molecule has 2 atom stereocenters. The Kier molecular flexibility index (Phi) is 6.63. The van der Waals surface area contributed by atoms with E-state index in [1.165, 1.54) is 0 Å². The summed E-state index contributed by atoms with van der Waals surface area (Å²) in [5.41, 5.74) is 3.27. The Morgan fingerprint density at radius 3 is 2.33 bits per heavy atom. The van der Waals surface area contributed by atoms with E-state index in [4.69, 9.17) is 9.47 Å². The lowest BCUT2D eigenvalue weighted by molar-refractivity contribution is -0.126. The summed E-state index contributed by atoms with van der Waals surface area (Å²) in [6, 6.07) is 22.1. The highest BCUT2D eigenvalue weighted by atomic mass is 16.5. The van der Waals surface area contributed by atoms with Gasteiger partial charge < -0.3 is 19.7 Å². The summed E-state index contributed by atoms with van der Waals surface area (Å²) in [7, 11) is 3.20. The number of piperidine rings is 1. The fourth-order valence-corrected chi connectivity index (χ4v) is 4.42. The number of para-hydroxylation sites is 2. The molecule has 3 aromatic rings. The van der Waals surface area contributed by atoms with Gasteiger partial charge in [-0.15, -0.1) is 0 Å². The third-order valence-corrected chi connectivity index (χ3v) is 6.15. The van der Waals surface area contributed by atoms with Crippen LogP contribution in [-0.2, 0) is 9.59 Å². The number of anilines is 2. The molecule has 3 aromatic carbocycles. The van der Waals surface area contributed by atoms with Crippen molar-refractivity contribution < 1.29 is 19.1 Å². The molecule has 1 heterocycles. The van der Waals surface area contributed by atoms with Gasteiger partial charge in [0.2, 0.25) is 11.8 Å². The molecule has 33 heavy (non-hydrogen) atoms. The number of nitrogens with one attached hydrogen (secondary N) is 1. The minimum Gasteiger partial charge on any atom is -0.497 e. The Balaban J connectivity index is 1.78. The van der Waals surface area contributed by atoms with Gasteiger partial charge >= 0.3 is 0 Å². The third kappa shape index (κ3) is 4.55. The smallest absolute Gasteiger partial charge is 0.229 e. The number of hydrogen-bond acceptors (Lipinski definition) is 4. The van der Waals surface area contributed by atoms with Gasteiger partial charge in [-0.2, -0.15) is 0 Å². The Labute approximate surface area is 194 Å². The Morgan fingerprint density at radius 1 is 0.939 bits per heavy atom. The van der Waals surface area contributed by atoms with Gasteiger partial charge in [-0.25, -0.2) is 0 Å². The summed E-state index contributed by atoms with van der Waals surface area (Å²) in [5.74, 6) is 0.734. The molecule has 0 bridgehead atoms. The summed E-state index contributed by atoms with van der Waals surface area (Å²) >= 11 is 0. The number of carbonyl (C=O) groups is 2. The fraction of sp³-hybridized carbons (Fsp3) is 0.259. The molecule has 1 aliphatic rings. The van der Waals surface area contributed by atoms with E-state index in [2.05, 4.69) is 5.32 Å². The van der Waals surface area contributed by atoms with Gasteiger partial charge in [0.15, 0.2) is 0 Å². The van der Waals surface area contributed by atoms with E-state index in [0.717, 1.165) is 16.8 Å². The molecule has 0 aromatic heterocycles. The first-order valence-corrected chi connectivity index (χ1v) is 11.0. The van der Waals surface area contributed by atoms with Crippen LogP contribution >= 0.6 is 0 Å². The van der Waals surface area contributed by atoms with Crippen LogP contribution in [0.25, 0.3) is 0 Å². The molecule has 2 unspecified atom stereocenters. The van der Waals surface area contributed by atoms with Crippen LogP contribution < -0.4 is 19.7 Å². The maximum Gasteiger partial charge on any atom is 0.229 e. The highest BCUT2D eigenvalue weighted by Gasteiger charge is 2.42. The highest BCUT2D eigenvalue weighted by molar-refractivity contribution is 6.00. The minimum absolute atomic E-state index is 0.0315. The lowest BCUT2D eigenvalue weighted by atomic mass is 9.82. The number of benzene rings is 3. The van der Waals surface area contributed by atoms with E-state index in [-0.39, 0.29) is 18.2 Å². The summed E-state index contributed by atoms with van der Waals surface area (Å²) in [6.45, 7) is 1.96. The molecular formula is C27H28N2O4. The Bertz CT molecular complexity index is 1140. The van der Waals surface area contributed by atoms with Gasteiger partial charge in [0.1, 0.15) is 11.5 Å². The van der Waals surface area contributed by atoms with E-state index < -0.39 is 12.0 Å². The number of hydrogen-bond donors (Lipinski definition) is 1.